The lowest BCUT2D eigenvalue weighted by atomic mass is 10.4. The first-order valence-electron chi connectivity index (χ1n) is 4.26. The van der Waals surface area contributed by atoms with Crippen molar-refractivity contribution in [3.63, 3.8) is 0 Å². The van der Waals surface area contributed by atoms with E-state index in [4.69, 9.17) is 0 Å². The van der Waals surface area contributed by atoms with Crippen LogP contribution in [-0.4, -0.2) is 48.0 Å². The van der Waals surface area contributed by atoms with Crippen molar-refractivity contribution in [1.82, 2.24) is 4.90 Å². The van der Waals surface area contributed by atoms with Gasteiger partial charge in [-0.1, -0.05) is 6.92 Å². The topological polar surface area (TPSA) is 46.6 Å². The van der Waals surface area contributed by atoms with Crippen LogP contribution < -0.4 is 0 Å². The Kier molecular flexibility index (Phi) is 4.24. The van der Waals surface area contributed by atoms with Gasteiger partial charge < -0.3 is 4.74 Å². The van der Waals surface area contributed by atoms with E-state index in [0.717, 1.165) is 18.1 Å². The van der Waals surface area contributed by atoms with Crippen molar-refractivity contribution < 1.29 is 14.3 Å². The predicted octanol–water partition coefficient (Wildman–Crippen LogP) is 0.125. The highest BCUT2D eigenvalue weighted by molar-refractivity contribution is 7.99. The first kappa shape index (κ1) is 10.5. The number of ether oxygens (including phenoxy) is 1. The zero-order valence-electron chi connectivity index (χ0n) is 7.62. The van der Waals surface area contributed by atoms with Crippen molar-refractivity contribution in [2.24, 2.45) is 0 Å². The number of rotatable bonds is 4. The number of carbonyl (C=O) groups is 2. The number of thioether (sulfide) groups is 1. The Labute approximate surface area is 81.6 Å². The second-order valence-corrected chi connectivity index (χ2v) is 4.15. The zero-order chi connectivity index (χ0) is 9.68. The number of nitrogens with zero attached hydrogens (tertiary/aromatic N) is 1. The summed E-state index contributed by atoms with van der Waals surface area (Å²) >= 11 is 1.80. The molecule has 4 nitrogen and oxygen atoms in total. The predicted molar refractivity (Wildman–Crippen MR) is 50.5 cm³/mol. The van der Waals surface area contributed by atoms with Crippen LogP contribution in [0.2, 0.25) is 0 Å². The molecule has 0 unspecified atom stereocenters. The van der Waals surface area contributed by atoms with E-state index in [1.165, 1.54) is 0 Å². The minimum atomic E-state index is -0.433. The Morgan fingerprint density at radius 2 is 2.00 bits per heavy atom. The van der Waals surface area contributed by atoms with Crippen molar-refractivity contribution in [1.29, 1.82) is 0 Å². The number of cyclic esters (lactones) is 2. The Bertz CT molecular complexity index is 192. The maximum Gasteiger partial charge on any atom is 0.327 e. The molecule has 0 aromatic rings. The first-order valence-corrected chi connectivity index (χ1v) is 5.41. The van der Waals surface area contributed by atoms with E-state index in [0.29, 0.717) is 0 Å². The fraction of sp³-hybridized carbons (Fsp3) is 0.750. The molecule has 1 aliphatic rings. The van der Waals surface area contributed by atoms with E-state index < -0.39 is 11.9 Å². The highest BCUT2D eigenvalue weighted by atomic mass is 32.2. The lowest BCUT2D eigenvalue weighted by Gasteiger charge is -2.23. The standard InChI is InChI=1S/C8H13NO3S/c1-2-13-4-3-9-5-7(10)12-8(11)6-9/h2-6H2,1H3. The van der Waals surface area contributed by atoms with Crippen LogP contribution in [0, 0.1) is 0 Å². The molecule has 0 aromatic carbocycles. The highest BCUT2D eigenvalue weighted by Crippen LogP contribution is 2.03. The van der Waals surface area contributed by atoms with Gasteiger partial charge in [-0.2, -0.15) is 11.8 Å². The van der Waals surface area contributed by atoms with E-state index >= 15 is 0 Å². The molecule has 0 spiro atoms. The minimum absolute atomic E-state index is 0.246. The van der Waals surface area contributed by atoms with Gasteiger partial charge in [0.15, 0.2) is 0 Å². The van der Waals surface area contributed by atoms with E-state index in [9.17, 15) is 9.59 Å². The van der Waals surface area contributed by atoms with Gasteiger partial charge in [-0.15, -0.1) is 0 Å². The molecule has 1 saturated heterocycles. The lowest BCUT2D eigenvalue weighted by molar-refractivity contribution is -0.166. The van der Waals surface area contributed by atoms with Crippen molar-refractivity contribution in [2.45, 2.75) is 6.92 Å². The Hall–Kier alpha value is -0.550. The summed E-state index contributed by atoms with van der Waals surface area (Å²) in [5.41, 5.74) is 0. The van der Waals surface area contributed by atoms with Crippen molar-refractivity contribution in [2.75, 3.05) is 31.1 Å². The summed E-state index contributed by atoms with van der Waals surface area (Å²) < 4.78 is 4.40. The summed E-state index contributed by atoms with van der Waals surface area (Å²) in [7, 11) is 0. The smallest absolute Gasteiger partial charge is 0.327 e. The number of hydrogen-bond acceptors (Lipinski definition) is 5. The van der Waals surface area contributed by atoms with E-state index in [1.54, 1.807) is 11.8 Å². The largest absolute Gasteiger partial charge is 0.391 e. The van der Waals surface area contributed by atoms with Gasteiger partial charge in [0.25, 0.3) is 0 Å². The van der Waals surface area contributed by atoms with Gasteiger partial charge in [0.05, 0.1) is 13.1 Å². The summed E-state index contributed by atoms with van der Waals surface area (Å²) in [6.07, 6.45) is 0. The third-order valence-corrected chi connectivity index (χ3v) is 2.57. The van der Waals surface area contributed by atoms with E-state index in [-0.39, 0.29) is 13.1 Å². The zero-order valence-corrected chi connectivity index (χ0v) is 8.43. The Balaban J connectivity index is 2.25. The van der Waals surface area contributed by atoms with Crippen LogP contribution in [0.5, 0.6) is 0 Å². The molecule has 0 amide bonds. The van der Waals surface area contributed by atoms with Gasteiger partial charge in [-0.25, -0.2) is 0 Å². The van der Waals surface area contributed by atoms with E-state index in [2.05, 4.69) is 11.7 Å². The molecule has 5 heteroatoms. The summed E-state index contributed by atoms with van der Waals surface area (Å²) in [5, 5.41) is 0. The van der Waals surface area contributed by atoms with Crippen LogP contribution in [-0.2, 0) is 14.3 Å². The van der Waals surface area contributed by atoms with Crippen molar-refractivity contribution in [3.05, 3.63) is 0 Å². The average Bonchev–Trinajstić information content (AvgIpc) is 2.03. The second-order valence-electron chi connectivity index (χ2n) is 2.75. The highest BCUT2D eigenvalue weighted by Gasteiger charge is 2.23. The molecule has 0 aliphatic carbocycles. The van der Waals surface area contributed by atoms with Crippen LogP contribution in [0.15, 0.2) is 0 Å². The Morgan fingerprint density at radius 3 is 2.54 bits per heavy atom. The molecule has 1 heterocycles. The van der Waals surface area contributed by atoms with Gasteiger partial charge in [0.1, 0.15) is 0 Å². The SMILES string of the molecule is CCSCCN1CC(=O)OC(=O)C1. The summed E-state index contributed by atoms with van der Waals surface area (Å²) in [6.45, 7) is 3.35. The molecule has 0 radical (unpaired) electrons. The maximum atomic E-state index is 10.8. The number of esters is 2. The number of morpholine rings is 1. The number of carbonyl (C=O) groups excluding carboxylic acids is 2. The summed E-state index contributed by atoms with van der Waals surface area (Å²) in [5.74, 6) is 1.15. The van der Waals surface area contributed by atoms with Crippen LogP contribution >= 0.6 is 11.8 Å². The molecule has 13 heavy (non-hydrogen) atoms. The first-order chi connectivity index (χ1) is 6.22. The maximum absolute atomic E-state index is 10.8. The Morgan fingerprint density at radius 1 is 1.38 bits per heavy atom. The van der Waals surface area contributed by atoms with E-state index in [1.807, 2.05) is 4.90 Å². The molecule has 0 bridgehead atoms. The van der Waals surface area contributed by atoms with Gasteiger partial charge in [0, 0.05) is 12.3 Å². The van der Waals surface area contributed by atoms with Crippen molar-refractivity contribution >= 4 is 23.7 Å². The average molecular weight is 203 g/mol. The fourth-order valence-electron chi connectivity index (χ4n) is 1.11. The number of hydrogen-bond donors (Lipinski definition) is 0. The normalized spacial score (nSPS) is 18.8. The summed E-state index contributed by atoms with van der Waals surface area (Å²) in [4.78, 5) is 23.5. The lowest BCUT2D eigenvalue weighted by Crippen LogP contribution is -2.43. The third kappa shape index (κ3) is 3.78. The molecule has 0 N–H and O–H groups in total. The molecule has 0 saturated carbocycles. The minimum Gasteiger partial charge on any atom is -0.391 e. The van der Waals surface area contributed by atoms with Gasteiger partial charge in [-0.3, -0.25) is 14.5 Å². The molecule has 0 atom stereocenters. The van der Waals surface area contributed by atoms with Gasteiger partial charge in [-0.05, 0) is 5.75 Å². The second kappa shape index (κ2) is 5.24. The summed E-state index contributed by atoms with van der Waals surface area (Å²) in [6, 6.07) is 0. The third-order valence-electron chi connectivity index (χ3n) is 1.69. The quantitative estimate of drug-likeness (QED) is 0.369. The van der Waals surface area contributed by atoms with Gasteiger partial charge >= 0.3 is 11.9 Å². The molecule has 74 valence electrons. The molecule has 0 aromatic heterocycles. The molecule has 1 aliphatic heterocycles. The van der Waals surface area contributed by atoms with Crippen molar-refractivity contribution in [3.8, 4) is 0 Å². The monoisotopic (exact) mass is 203 g/mol. The molecule has 1 rings (SSSR count). The fourth-order valence-corrected chi connectivity index (χ4v) is 1.78. The molecule has 1 fully saturated rings. The van der Waals surface area contributed by atoms with Crippen LogP contribution in [0.4, 0.5) is 0 Å². The van der Waals surface area contributed by atoms with Gasteiger partial charge in [0.2, 0.25) is 0 Å². The van der Waals surface area contributed by atoms with Crippen LogP contribution in [0.25, 0.3) is 0 Å². The molecular weight excluding hydrogens is 190 g/mol. The molecular formula is C8H13NO3S. The van der Waals surface area contributed by atoms with Crippen LogP contribution in [0.1, 0.15) is 6.92 Å². The van der Waals surface area contributed by atoms with Crippen LogP contribution in [0.3, 0.4) is 0 Å².